The Kier molecular flexibility index (Phi) is 7.73. The van der Waals surface area contributed by atoms with Gasteiger partial charge in [0, 0.05) is 38.4 Å². The second-order valence-corrected chi connectivity index (χ2v) is 9.44. The molecule has 0 spiro atoms. The topological polar surface area (TPSA) is 53.5 Å². The average Bonchev–Trinajstić information content (AvgIpc) is 3.14. The summed E-state index contributed by atoms with van der Waals surface area (Å²) in [7, 11) is 1.90. The number of hydrogen-bond donors (Lipinski definition) is 0. The van der Waals surface area contributed by atoms with Crippen LogP contribution in [-0.4, -0.2) is 59.0 Å². The van der Waals surface area contributed by atoms with E-state index in [9.17, 15) is 9.59 Å². The third kappa shape index (κ3) is 5.47. The van der Waals surface area contributed by atoms with Crippen molar-refractivity contribution in [2.75, 3.05) is 32.4 Å². The summed E-state index contributed by atoms with van der Waals surface area (Å²) >= 11 is 3.32. The smallest absolute Gasteiger partial charge is 0.232 e. The molecule has 0 saturated carbocycles. The Bertz CT molecular complexity index is 767. The molecule has 0 unspecified atom stereocenters. The molecule has 1 fully saturated rings. The van der Waals surface area contributed by atoms with Crippen molar-refractivity contribution in [3.05, 3.63) is 29.3 Å². The number of likely N-dealkylation sites (tertiary alicyclic amines) is 1. The van der Waals surface area contributed by atoms with Crippen molar-refractivity contribution >= 4 is 45.1 Å². The van der Waals surface area contributed by atoms with Gasteiger partial charge in [0.05, 0.1) is 16.0 Å². The van der Waals surface area contributed by atoms with E-state index >= 15 is 0 Å². The van der Waals surface area contributed by atoms with E-state index in [1.54, 1.807) is 23.1 Å². The number of para-hydroxylation sites is 1. The zero-order valence-corrected chi connectivity index (χ0v) is 18.4. The largest absolute Gasteiger partial charge is 0.346 e. The van der Waals surface area contributed by atoms with E-state index in [1.807, 2.05) is 35.0 Å². The van der Waals surface area contributed by atoms with Crippen molar-refractivity contribution in [2.24, 2.45) is 5.92 Å². The predicted molar refractivity (Wildman–Crippen MR) is 118 cm³/mol. The number of thioether (sulfide) groups is 1. The fourth-order valence-corrected chi connectivity index (χ4v) is 5.44. The standard InChI is InChI=1S/C21H29N3O2S2/c1-3-4-11-23(2)21(26)16-9-12-24(13-10-16)20(25)15-27-14-19-22-17-7-5-6-8-18(17)28-19/h5-8,16H,3-4,9-15H2,1-2H3. The number of carbonyl (C=O) groups excluding carboxylic acids is 2. The Morgan fingerprint density at radius 1 is 1.29 bits per heavy atom. The van der Waals surface area contributed by atoms with Gasteiger partial charge in [-0.05, 0) is 31.4 Å². The lowest BCUT2D eigenvalue weighted by molar-refractivity contribution is -0.138. The quantitative estimate of drug-likeness (QED) is 0.648. The molecule has 3 rings (SSSR count). The Labute approximate surface area is 175 Å². The maximum absolute atomic E-state index is 12.5. The molecule has 7 heteroatoms. The first-order valence-electron chi connectivity index (χ1n) is 10.0. The van der Waals surface area contributed by atoms with Gasteiger partial charge in [-0.3, -0.25) is 9.59 Å². The molecule has 0 aliphatic carbocycles. The number of amides is 2. The second kappa shape index (κ2) is 10.3. The number of benzene rings is 1. The minimum atomic E-state index is 0.0707. The van der Waals surface area contributed by atoms with Gasteiger partial charge in [-0.25, -0.2) is 4.98 Å². The van der Waals surface area contributed by atoms with Crippen LogP contribution in [0.15, 0.2) is 24.3 Å². The molecule has 1 aromatic heterocycles. The highest BCUT2D eigenvalue weighted by molar-refractivity contribution is 7.99. The van der Waals surface area contributed by atoms with Crippen molar-refractivity contribution in [1.82, 2.24) is 14.8 Å². The van der Waals surface area contributed by atoms with Crippen LogP contribution in [0.5, 0.6) is 0 Å². The summed E-state index contributed by atoms with van der Waals surface area (Å²) in [5.74, 6) is 1.73. The van der Waals surface area contributed by atoms with Gasteiger partial charge in [0.2, 0.25) is 11.8 Å². The van der Waals surface area contributed by atoms with Gasteiger partial charge in [0.15, 0.2) is 0 Å². The summed E-state index contributed by atoms with van der Waals surface area (Å²) in [6, 6.07) is 8.13. The lowest BCUT2D eigenvalue weighted by Crippen LogP contribution is -2.44. The Hall–Kier alpha value is -1.60. The lowest BCUT2D eigenvalue weighted by Gasteiger charge is -2.33. The summed E-state index contributed by atoms with van der Waals surface area (Å²) in [4.78, 5) is 33.4. The van der Waals surface area contributed by atoms with E-state index in [0.717, 1.165) is 48.5 Å². The molecule has 2 aromatic rings. The van der Waals surface area contributed by atoms with Crippen LogP contribution in [0.3, 0.4) is 0 Å². The first kappa shape index (κ1) is 21.1. The Morgan fingerprint density at radius 2 is 2.04 bits per heavy atom. The van der Waals surface area contributed by atoms with Crippen LogP contribution >= 0.6 is 23.1 Å². The molecule has 2 amide bonds. The first-order valence-corrected chi connectivity index (χ1v) is 12.0. The van der Waals surface area contributed by atoms with Gasteiger partial charge in [-0.2, -0.15) is 0 Å². The SMILES string of the molecule is CCCCN(C)C(=O)C1CCN(C(=O)CSCc2nc3ccccc3s2)CC1. The number of fused-ring (bicyclic) bond motifs is 1. The highest BCUT2D eigenvalue weighted by Crippen LogP contribution is 2.25. The third-order valence-corrected chi connectivity index (χ3v) is 7.36. The summed E-state index contributed by atoms with van der Waals surface area (Å²) in [6.07, 6.45) is 3.71. The highest BCUT2D eigenvalue weighted by Gasteiger charge is 2.28. The number of thiazole rings is 1. The summed E-state index contributed by atoms with van der Waals surface area (Å²) in [5, 5.41) is 1.07. The first-order chi connectivity index (χ1) is 13.6. The molecule has 0 N–H and O–H groups in total. The van der Waals surface area contributed by atoms with Crippen LogP contribution in [0.1, 0.15) is 37.6 Å². The molecule has 28 heavy (non-hydrogen) atoms. The molecule has 0 atom stereocenters. The monoisotopic (exact) mass is 419 g/mol. The van der Waals surface area contributed by atoms with E-state index in [0.29, 0.717) is 18.8 Å². The van der Waals surface area contributed by atoms with Crippen molar-refractivity contribution < 1.29 is 9.59 Å². The highest BCUT2D eigenvalue weighted by atomic mass is 32.2. The van der Waals surface area contributed by atoms with Gasteiger partial charge >= 0.3 is 0 Å². The fraction of sp³-hybridized carbons (Fsp3) is 0.571. The van der Waals surface area contributed by atoms with Gasteiger partial charge < -0.3 is 9.80 Å². The van der Waals surface area contributed by atoms with Crippen LogP contribution in [0.25, 0.3) is 10.2 Å². The Balaban J connectivity index is 1.39. The zero-order valence-electron chi connectivity index (χ0n) is 16.7. The maximum Gasteiger partial charge on any atom is 0.232 e. The molecule has 0 radical (unpaired) electrons. The van der Waals surface area contributed by atoms with E-state index < -0.39 is 0 Å². The molecular weight excluding hydrogens is 390 g/mol. The van der Waals surface area contributed by atoms with E-state index in [4.69, 9.17) is 0 Å². The summed E-state index contributed by atoms with van der Waals surface area (Å²) in [5.41, 5.74) is 1.03. The van der Waals surface area contributed by atoms with E-state index in [-0.39, 0.29) is 17.7 Å². The summed E-state index contributed by atoms with van der Waals surface area (Å²) < 4.78 is 1.19. The van der Waals surface area contributed by atoms with Crippen LogP contribution in [0.2, 0.25) is 0 Å². The maximum atomic E-state index is 12.5. The van der Waals surface area contributed by atoms with Gasteiger partial charge in [0.1, 0.15) is 5.01 Å². The number of piperidine rings is 1. The lowest BCUT2D eigenvalue weighted by atomic mass is 9.95. The van der Waals surface area contributed by atoms with Crippen LogP contribution < -0.4 is 0 Å². The van der Waals surface area contributed by atoms with Crippen LogP contribution in [0.4, 0.5) is 0 Å². The molecular formula is C21H29N3O2S2. The van der Waals surface area contributed by atoms with Crippen molar-refractivity contribution in [1.29, 1.82) is 0 Å². The minimum absolute atomic E-state index is 0.0707. The van der Waals surface area contributed by atoms with Gasteiger partial charge in [-0.15, -0.1) is 23.1 Å². The molecule has 0 bridgehead atoms. The number of carbonyl (C=O) groups is 2. The molecule has 1 saturated heterocycles. The normalized spacial score (nSPS) is 15.1. The molecule has 1 aliphatic rings. The number of aromatic nitrogens is 1. The molecule has 1 aliphatic heterocycles. The van der Waals surface area contributed by atoms with Gasteiger partial charge in [0.25, 0.3) is 0 Å². The number of hydrogen-bond acceptors (Lipinski definition) is 5. The van der Waals surface area contributed by atoms with Crippen molar-refractivity contribution in [2.45, 2.75) is 38.4 Å². The second-order valence-electron chi connectivity index (χ2n) is 7.34. The predicted octanol–water partition coefficient (Wildman–Crippen LogP) is 4.03. The average molecular weight is 420 g/mol. The summed E-state index contributed by atoms with van der Waals surface area (Å²) in [6.45, 7) is 4.35. The third-order valence-electron chi connectivity index (χ3n) is 5.21. The minimum Gasteiger partial charge on any atom is -0.346 e. The van der Waals surface area contributed by atoms with Crippen LogP contribution in [-0.2, 0) is 15.3 Å². The number of rotatable bonds is 8. The zero-order chi connectivity index (χ0) is 19.9. The number of unbranched alkanes of at least 4 members (excludes halogenated alkanes) is 1. The van der Waals surface area contributed by atoms with Crippen LogP contribution in [0, 0.1) is 5.92 Å². The molecule has 1 aromatic carbocycles. The number of nitrogens with zero attached hydrogens (tertiary/aromatic N) is 3. The van der Waals surface area contributed by atoms with E-state index in [2.05, 4.69) is 18.0 Å². The van der Waals surface area contributed by atoms with E-state index in [1.165, 1.54) is 4.70 Å². The molecule has 2 heterocycles. The molecule has 152 valence electrons. The fourth-order valence-electron chi connectivity index (χ4n) is 3.49. The van der Waals surface area contributed by atoms with Crippen molar-refractivity contribution in [3.8, 4) is 0 Å². The Morgan fingerprint density at radius 3 is 2.75 bits per heavy atom. The van der Waals surface area contributed by atoms with Crippen molar-refractivity contribution in [3.63, 3.8) is 0 Å². The molecule has 5 nitrogen and oxygen atoms in total. The van der Waals surface area contributed by atoms with Gasteiger partial charge in [-0.1, -0.05) is 25.5 Å².